The van der Waals surface area contributed by atoms with Gasteiger partial charge in [0.1, 0.15) is 5.75 Å². The molecule has 138 valence electrons. The quantitative estimate of drug-likeness (QED) is 0.589. The zero-order valence-electron chi connectivity index (χ0n) is 14.5. The molecule has 26 heavy (non-hydrogen) atoms. The number of benzene rings is 2. The molecule has 1 amide bonds. The van der Waals surface area contributed by atoms with Gasteiger partial charge in [-0.2, -0.15) is 0 Å². The van der Waals surface area contributed by atoms with Crippen LogP contribution >= 0.6 is 0 Å². The van der Waals surface area contributed by atoms with Gasteiger partial charge in [-0.05, 0) is 18.2 Å². The molecule has 0 bridgehead atoms. The summed E-state index contributed by atoms with van der Waals surface area (Å²) < 4.78 is 10.3. The van der Waals surface area contributed by atoms with Crippen molar-refractivity contribution in [1.82, 2.24) is 5.32 Å². The van der Waals surface area contributed by atoms with Gasteiger partial charge in [0.2, 0.25) is 0 Å². The van der Waals surface area contributed by atoms with E-state index in [0.717, 1.165) is 5.56 Å². The number of aliphatic hydroxyl groups excluding tert-OH is 1. The molecule has 0 radical (unpaired) electrons. The Morgan fingerprint density at radius 1 is 1.08 bits per heavy atom. The van der Waals surface area contributed by atoms with Crippen molar-refractivity contribution in [3.8, 4) is 5.75 Å². The van der Waals surface area contributed by atoms with E-state index in [-0.39, 0.29) is 19.8 Å². The fourth-order valence-electron chi connectivity index (χ4n) is 2.31. The van der Waals surface area contributed by atoms with Crippen molar-refractivity contribution < 1.29 is 24.2 Å². The van der Waals surface area contributed by atoms with Crippen molar-refractivity contribution in [2.45, 2.75) is 6.54 Å². The van der Waals surface area contributed by atoms with Crippen LogP contribution in [0.4, 0.5) is 5.69 Å². The Morgan fingerprint density at radius 3 is 2.58 bits per heavy atom. The summed E-state index contributed by atoms with van der Waals surface area (Å²) in [4.78, 5) is 24.1. The van der Waals surface area contributed by atoms with Crippen LogP contribution in [0.5, 0.6) is 5.75 Å². The molecule has 2 aromatic rings. The van der Waals surface area contributed by atoms with Crippen molar-refractivity contribution >= 4 is 17.6 Å². The smallest absolute Gasteiger partial charge is 0.340 e. The Kier molecular flexibility index (Phi) is 7.45. The van der Waals surface area contributed by atoms with E-state index >= 15 is 0 Å². The van der Waals surface area contributed by atoms with E-state index in [1.54, 1.807) is 37.4 Å². The van der Waals surface area contributed by atoms with Crippen LogP contribution < -0.4 is 15.4 Å². The van der Waals surface area contributed by atoms with Crippen molar-refractivity contribution in [3.63, 3.8) is 0 Å². The first-order valence-corrected chi connectivity index (χ1v) is 8.15. The van der Waals surface area contributed by atoms with Crippen LogP contribution in [-0.2, 0) is 16.1 Å². The van der Waals surface area contributed by atoms with E-state index in [1.807, 2.05) is 18.2 Å². The summed E-state index contributed by atoms with van der Waals surface area (Å²) in [6.07, 6.45) is 0. The average molecular weight is 358 g/mol. The number of rotatable bonds is 9. The molecular formula is C19H22N2O5. The highest BCUT2D eigenvalue weighted by Gasteiger charge is 2.14. The second-order valence-corrected chi connectivity index (χ2v) is 5.36. The third-order valence-electron chi connectivity index (χ3n) is 3.58. The van der Waals surface area contributed by atoms with E-state index in [9.17, 15) is 9.59 Å². The number of carbonyl (C=O) groups is 2. The third-order valence-corrected chi connectivity index (χ3v) is 3.58. The number of anilines is 1. The molecule has 0 fully saturated rings. The number of hydrogen-bond donors (Lipinski definition) is 3. The van der Waals surface area contributed by atoms with Gasteiger partial charge in [-0.15, -0.1) is 0 Å². The molecule has 0 aliphatic carbocycles. The van der Waals surface area contributed by atoms with Gasteiger partial charge in [0.25, 0.3) is 5.91 Å². The van der Waals surface area contributed by atoms with Crippen LogP contribution in [0.2, 0.25) is 0 Å². The Balaban J connectivity index is 1.86. The largest absolute Gasteiger partial charge is 0.496 e. The van der Waals surface area contributed by atoms with E-state index in [4.69, 9.17) is 14.6 Å². The van der Waals surface area contributed by atoms with Gasteiger partial charge in [0.05, 0.1) is 19.3 Å². The normalized spacial score (nSPS) is 10.1. The van der Waals surface area contributed by atoms with E-state index in [2.05, 4.69) is 10.6 Å². The number of para-hydroxylation sites is 2. The van der Waals surface area contributed by atoms with Crippen molar-refractivity contribution in [3.05, 3.63) is 59.7 Å². The van der Waals surface area contributed by atoms with Gasteiger partial charge in [-0.3, -0.25) is 4.79 Å². The predicted octanol–water partition coefficient (Wildman–Crippen LogP) is 1.57. The number of hydrogen-bond acceptors (Lipinski definition) is 6. The summed E-state index contributed by atoms with van der Waals surface area (Å²) in [6, 6.07) is 14.1. The number of ether oxygens (including phenoxy) is 2. The molecule has 7 heteroatoms. The lowest BCUT2D eigenvalue weighted by molar-refractivity contribution is -0.124. The molecule has 0 aromatic heterocycles. The minimum Gasteiger partial charge on any atom is -0.496 e. The van der Waals surface area contributed by atoms with Crippen molar-refractivity contribution in [2.75, 3.05) is 32.2 Å². The van der Waals surface area contributed by atoms with E-state index < -0.39 is 11.9 Å². The van der Waals surface area contributed by atoms with Gasteiger partial charge in [0.15, 0.2) is 6.61 Å². The van der Waals surface area contributed by atoms with Crippen LogP contribution in [0, 0.1) is 0 Å². The fraction of sp³-hybridized carbons (Fsp3) is 0.263. The minimum absolute atomic E-state index is 0.0608. The predicted molar refractivity (Wildman–Crippen MR) is 97.1 cm³/mol. The monoisotopic (exact) mass is 358 g/mol. The Hall–Kier alpha value is -3.06. The maximum absolute atomic E-state index is 12.2. The highest BCUT2D eigenvalue weighted by atomic mass is 16.5. The second kappa shape index (κ2) is 10.0. The van der Waals surface area contributed by atoms with Crippen LogP contribution in [0.25, 0.3) is 0 Å². The second-order valence-electron chi connectivity index (χ2n) is 5.36. The number of aliphatic hydroxyl groups is 1. The molecule has 0 saturated carbocycles. The van der Waals surface area contributed by atoms with Gasteiger partial charge < -0.3 is 25.2 Å². The molecule has 7 nitrogen and oxygen atoms in total. The maximum atomic E-state index is 12.2. The first kappa shape index (κ1) is 19.3. The first-order valence-electron chi connectivity index (χ1n) is 8.15. The SMILES string of the molecule is COc1ccccc1CNC(=O)COC(=O)c1ccccc1NCCO. The molecule has 0 heterocycles. The number of amides is 1. The molecular weight excluding hydrogens is 336 g/mol. The maximum Gasteiger partial charge on any atom is 0.340 e. The molecule has 0 aliphatic rings. The number of nitrogens with one attached hydrogen (secondary N) is 2. The number of methoxy groups -OCH3 is 1. The van der Waals surface area contributed by atoms with Gasteiger partial charge in [-0.25, -0.2) is 4.79 Å². The van der Waals surface area contributed by atoms with Crippen LogP contribution in [0.1, 0.15) is 15.9 Å². The van der Waals surface area contributed by atoms with Crippen LogP contribution in [0.15, 0.2) is 48.5 Å². The molecule has 0 spiro atoms. The van der Waals surface area contributed by atoms with Gasteiger partial charge in [0, 0.05) is 24.3 Å². The molecule has 3 N–H and O–H groups in total. The molecule has 2 rings (SSSR count). The highest BCUT2D eigenvalue weighted by Crippen LogP contribution is 2.17. The molecule has 0 saturated heterocycles. The summed E-state index contributed by atoms with van der Waals surface area (Å²) in [5, 5.41) is 14.5. The number of esters is 1. The molecule has 2 aromatic carbocycles. The summed E-state index contributed by atoms with van der Waals surface area (Å²) in [7, 11) is 1.56. The van der Waals surface area contributed by atoms with Gasteiger partial charge in [-0.1, -0.05) is 30.3 Å². The highest BCUT2D eigenvalue weighted by molar-refractivity contribution is 5.96. The molecule has 0 aliphatic heterocycles. The van der Waals surface area contributed by atoms with Gasteiger partial charge >= 0.3 is 5.97 Å². The van der Waals surface area contributed by atoms with E-state index in [0.29, 0.717) is 23.5 Å². The zero-order chi connectivity index (χ0) is 18.8. The Labute approximate surface area is 151 Å². The zero-order valence-corrected chi connectivity index (χ0v) is 14.5. The summed E-state index contributed by atoms with van der Waals surface area (Å²) in [5.41, 5.74) is 1.67. The summed E-state index contributed by atoms with van der Waals surface area (Å²) in [5.74, 6) is -0.350. The molecule has 0 unspecified atom stereocenters. The lowest BCUT2D eigenvalue weighted by Crippen LogP contribution is -2.28. The Morgan fingerprint density at radius 2 is 1.81 bits per heavy atom. The van der Waals surface area contributed by atoms with Crippen LogP contribution in [0.3, 0.4) is 0 Å². The summed E-state index contributed by atoms with van der Waals surface area (Å²) in [6.45, 7) is 0.135. The molecule has 0 atom stereocenters. The minimum atomic E-state index is -0.613. The van der Waals surface area contributed by atoms with Crippen molar-refractivity contribution in [1.29, 1.82) is 0 Å². The number of carbonyl (C=O) groups excluding carboxylic acids is 2. The standard InChI is InChI=1S/C19H22N2O5/c1-25-17-9-5-2-6-14(17)12-21-18(23)13-26-19(24)15-7-3-4-8-16(15)20-10-11-22/h2-9,20,22H,10-13H2,1H3,(H,21,23). The Bertz CT molecular complexity index is 748. The lowest BCUT2D eigenvalue weighted by Gasteiger charge is -2.12. The first-order chi connectivity index (χ1) is 12.7. The van der Waals surface area contributed by atoms with Crippen molar-refractivity contribution in [2.24, 2.45) is 0 Å². The lowest BCUT2D eigenvalue weighted by atomic mass is 10.2. The fourth-order valence-corrected chi connectivity index (χ4v) is 2.31. The van der Waals surface area contributed by atoms with Crippen LogP contribution in [-0.4, -0.2) is 43.9 Å². The third kappa shape index (κ3) is 5.49. The topological polar surface area (TPSA) is 96.9 Å². The summed E-state index contributed by atoms with van der Waals surface area (Å²) >= 11 is 0. The average Bonchev–Trinajstić information content (AvgIpc) is 2.69. The van der Waals surface area contributed by atoms with E-state index in [1.165, 1.54) is 0 Å².